The highest BCUT2D eigenvalue weighted by atomic mass is 35.5. The number of benzene rings is 2. The van der Waals surface area contributed by atoms with Gasteiger partial charge in [0.1, 0.15) is 23.7 Å². The standard InChI is InChI=1S/C24H23ClFN5O3S/c25-16-8-14(3-4-17(16)26)29-24-15-9-19(20(32)10-18(15)27-13-28-24)30-23(33)2-1-5-31-11-21-22(12-31)35-7-6-34-21/h1-4,8-10,13,21-22,32H,5-7,11-12H2,(H,30,33)(H,27,28,29)/b2-1+. The Morgan fingerprint density at radius 3 is 3.03 bits per heavy atom. The first-order valence-corrected chi connectivity index (χ1v) is 12.5. The van der Waals surface area contributed by atoms with Gasteiger partial charge in [-0.3, -0.25) is 9.69 Å². The molecule has 3 heterocycles. The Kier molecular flexibility index (Phi) is 7.05. The van der Waals surface area contributed by atoms with Gasteiger partial charge in [0.05, 0.1) is 28.9 Å². The lowest BCUT2D eigenvalue weighted by atomic mass is 10.2. The molecule has 0 bridgehead atoms. The highest BCUT2D eigenvalue weighted by molar-refractivity contribution is 8.00. The number of phenols is 1. The molecule has 0 radical (unpaired) electrons. The summed E-state index contributed by atoms with van der Waals surface area (Å²) in [6.45, 7) is 3.26. The highest BCUT2D eigenvalue weighted by Crippen LogP contribution is 2.33. The number of aromatic hydroxyl groups is 1. The summed E-state index contributed by atoms with van der Waals surface area (Å²) in [6, 6.07) is 7.26. The molecule has 0 aliphatic carbocycles. The summed E-state index contributed by atoms with van der Waals surface area (Å²) in [4.78, 5) is 23.2. The number of aromatic nitrogens is 2. The quantitative estimate of drug-likeness (QED) is 0.332. The van der Waals surface area contributed by atoms with E-state index < -0.39 is 5.82 Å². The van der Waals surface area contributed by atoms with Crippen LogP contribution in [-0.4, -0.2) is 69.2 Å². The van der Waals surface area contributed by atoms with E-state index in [0.717, 1.165) is 25.4 Å². The summed E-state index contributed by atoms with van der Waals surface area (Å²) in [7, 11) is 0. The number of nitrogens with one attached hydrogen (secondary N) is 2. The van der Waals surface area contributed by atoms with Crippen molar-refractivity contribution < 1.29 is 19.0 Å². The molecule has 2 atom stereocenters. The molecule has 182 valence electrons. The first-order chi connectivity index (χ1) is 17.0. The van der Waals surface area contributed by atoms with E-state index in [0.29, 0.717) is 34.2 Å². The minimum absolute atomic E-state index is 0.0234. The number of carbonyl (C=O) groups excluding carboxylic acids is 1. The molecule has 2 aliphatic rings. The fourth-order valence-electron chi connectivity index (χ4n) is 4.17. The van der Waals surface area contributed by atoms with E-state index in [-0.39, 0.29) is 28.5 Å². The maximum atomic E-state index is 13.5. The Morgan fingerprint density at radius 1 is 1.31 bits per heavy atom. The average molecular weight is 516 g/mol. The second-order valence-corrected chi connectivity index (χ2v) is 10.0. The molecule has 2 unspecified atom stereocenters. The van der Waals surface area contributed by atoms with Crippen LogP contribution in [0.25, 0.3) is 10.9 Å². The van der Waals surface area contributed by atoms with Gasteiger partial charge < -0.3 is 20.5 Å². The third kappa shape index (κ3) is 5.51. The van der Waals surface area contributed by atoms with Crippen molar-refractivity contribution in [1.29, 1.82) is 0 Å². The Balaban J connectivity index is 1.27. The molecule has 2 aromatic carbocycles. The summed E-state index contributed by atoms with van der Waals surface area (Å²) in [5, 5.41) is 17.2. The molecule has 2 fully saturated rings. The number of nitrogens with zero attached hydrogens (tertiary/aromatic N) is 3. The van der Waals surface area contributed by atoms with E-state index in [1.807, 2.05) is 17.8 Å². The molecule has 0 saturated carbocycles. The van der Waals surface area contributed by atoms with Crippen molar-refractivity contribution >= 4 is 57.4 Å². The second-order valence-electron chi connectivity index (χ2n) is 8.29. The molecule has 1 amide bonds. The van der Waals surface area contributed by atoms with Crippen molar-refractivity contribution in [2.24, 2.45) is 0 Å². The fourth-order valence-corrected chi connectivity index (χ4v) is 5.54. The zero-order valence-electron chi connectivity index (χ0n) is 18.6. The van der Waals surface area contributed by atoms with Gasteiger partial charge in [-0.2, -0.15) is 11.8 Å². The predicted molar refractivity (Wildman–Crippen MR) is 136 cm³/mol. The van der Waals surface area contributed by atoms with Crippen molar-refractivity contribution in [2.45, 2.75) is 11.4 Å². The summed E-state index contributed by atoms with van der Waals surface area (Å²) >= 11 is 7.82. The maximum Gasteiger partial charge on any atom is 0.248 e. The van der Waals surface area contributed by atoms with Gasteiger partial charge in [0.25, 0.3) is 0 Å². The smallest absolute Gasteiger partial charge is 0.248 e. The molecule has 8 nitrogen and oxygen atoms in total. The number of carbonyl (C=O) groups is 1. The molecule has 3 aromatic rings. The van der Waals surface area contributed by atoms with E-state index in [2.05, 4.69) is 25.5 Å². The van der Waals surface area contributed by atoms with Crippen LogP contribution in [0.2, 0.25) is 5.02 Å². The van der Waals surface area contributed by atoms with E-state index in [1.165, 1.54) is 36.7 Å². The van der Waals surface area contributed by atoms with Crippen LogP contribution in [0, 0.1) is 5.82 Å². The Morgan fingerprint density at radius 2 is 2.20 bits per heavy atom. The number of thioether (sulfide) groups is 1. The normalized spacial score (nSPS) is 20.3. The zero-order valence-corrected chi connectivity index (χ0v) is 20.2. The van der Waals surface area contributed by atoms with E-state index in [1.54, 1.807) is 6.07 Å². The number of fused-ring (bicyclic) bond motifs is 2. The SMILES string of the molecule is O=C(/C=C/CN1CC2OCCSC2C1)Nc1cc2c(Nc3ccc(F)c(Cl)c3)ncnc2cc1O. The number of likely N-dealkylation sites (tertiary alicyclic amines) is 1. The number of anilines is 3. The van der Waals surface area contributed by atoms with E-state index in [4.69, 9.17) is 16.3 Å². The molecule has 0 spiro atoms. The maximum absolute atomic E-state index is 13.5. The van der Waals surface area contributed by atoms with Crippen LogP contribution >= 0.6 is 23.4 Å². The number of amides is 1. The lowest BCUT2D eigenvalue weighted by Gasteiger charge is -2.23. The van der Waals surface area contributed by atoms with Crippen molar-refractivity contribution in [3.63, 3.8) is 0 Å². The van der Waals surface area contributed by atoms with Crippen LogP contribution in [0.5, 0.6) is 5.75 Å². The van der Waals surface area contributed by atoms with E-state index >= 15 is 0 Å². The third-order valence-corrected chi connectivity index (χ3v) is 7.44. The first-order valence-electron chi connectivity index (χ1n) is 11.1. The monoisotopic (exact) mass is 515 g/mol. The van der Waals surface area contributed by atoms with Crippen LogP contribution in [0.4, 0.5) is 21.6 Å². The van der Waals surface area contributed by atoms with Crippen LogP contribution in [0.15, 0.2) is 48.8 Å². The number of halogens is 2. The van der Waals surface area contributed by atoms with Gasteiger partial charge in [-0.15, -0.1) is 0 Å². The molecular weight excluding hydrogens is 493 g/mol. The van der Waals surface area contributed by atoms with Crippen molar-refractivity contribution in [1.82, 2.24) is 14.9 Å². The zero-order chi connectivity index (χ0) is 24.4. The van der Waals surface area contributed by atoms with Gasteiger partial charge in [-0.25, -0.2) is 14.4 Å². The summed E-state index contributed by atoms with van der Waals surface area (Å²) in [5.41, 5.74) is 1.22. The Labute approximate surface area is 210 Å². The molecule has 2 saturated heterocycles. The second kappa shape index (κ2) is 10.4. The Hall–Kier alpha value is -2.92. The van der Waals surface area contributed by atoms with Gasteiger partial charge in [0, 0.05) is 53.9 Å². The lowest BCUT2D eigenvalue weighted by molar-refractivity contribution is -0.111. The van der Waals surface area contributed by atoms with Crippen LogP contribution in [-0.2, 0) is 9.53 Å². The number of hydrogen-bond acceptors (Lipinski definition) is 8. The molecule has 1 aromatic heterocycles. The Bertz CT molecular complexity index is 1280. The number of rotatable bonds is 6. The van der Waals surface area contributed by atoms with E-state index in [9.17, 15) is 14.3 Å². The van der Waals surface area contributed by atoms with Crippen molar-refractivity contribution in [3.05, 3.63) is 59.7 Å². The number of ether oxygens (including phenoxy) is 1. The van der Waals surface area contributed by atoms with Crippen LogP contribution in [0.3, 0.4) is 0 Å². The lowest BCUT2D eigenvalue weighted by Crippen LogP contribution is -2.30. The van der Waals surface area contributed by atoms with Gasteiger partial charge in [-0.05, 0) is 24.3 Å². The molecule has 3 N–H and O–H groups in total. The van der Waals surface area contributed by atoms with Gasteiger partial charge in [0.15, 0.2) is 0 Å². The van der Waals surface area contributed by atoms with Crippen LogP contribution in [0.1, 0.15) is 0 Å². The largest absolute Gasteiger partial charge is 0.506 e. The predicted octanol–water partition coefficient (Wildman–Crippen LogP) is 4.18. The first kappa shape index (κ1) is 23.8. The number of hydrogen-bond donors (Lipinski definition) is 3. The van der Waals surface area contributed by atoms with Gasteiger partial charge in [-0.1, -0.05) is 17.7 Å². The van der Waals surface area contributed by atoms with Crippen molar-refractivity contribution in [3.8, 4) is 5.75 Å². The molecule has 5 rings (SSSR count). The molecule has 11 heteroatoms. The molecule has 35 heavy (non-hydrogen) atoms. The highest BCUT2D eigenvalue weighted by Gasteiger charge is 2.35. The minimum Gasteiger partial charge on any atom is -0.506 e. The minimum atomic E-state index is -0.525. The van der Waals surface area contributed by atoms with Gasteiger partial charge >= 0.3 is 0 Å². The summed E-state index contributed by atoms with van der Waals surface area (Å²) in [6.07, 6.45) is 4.88. The molecular formula is C24H23ClFN5O3S. The van der Waals surface area contributed by atoms with Crippen LogP contribution < -0.4 is 10.6 Å². The fraction of sp³-hybridized carbons (Fsp3) is 0.292. The topological polar surface area (TPSA) is 99.6 Å². The summed E-state index contributed by atoms with van der Waals surface area (Å²) in [5.74, 6) is 0.440. The molecule has 2 aliphatic heterocycles. The summed E-state index contributed by atoms with van der Waals surface area (Å²) < 4.78 is 19.3. The third-order valence-electron chi connectivity index (χ3n) is 5.86. The van der Waals surface area contributed by atoms with Crippen molar-refractivity contribution in [2.75, 3.05) is 42.6 Å². The number of phenolic OH excluding ortho intramolecular Hbond substituents is 1. The average Bonchev–Trinajstić information content (AvgIpc) is 3.25. The van der Waals surface area contributed by atoms with Gasteiger partial charge in [0.2, 0.25) is 5.91 Å².